The lowest BCUT2D eigenvalue weighted by Gasteiger charge is -2.43. The molecule has 1 aliphatic heterocycles. The maximum absolute atomic E-state index is 13.0. The molecular weight excluding hydrogens is 675 g/mol. The van der Waals surface area contributed by atoms with E-state index in [4.69, 9.17) is 23.7 Å². The predicted molar refractivity (Wildman–Crippen MR) is 185 cm³/mol. The number of hydrogen-bond acceptors (Lipinski definition) is 6. The smallest absolute Gasteiger partial charge is 0.453 e. The van der Waals surface area contributed by atoms with Crippen molar-refractivity contribution in [2.24, 2.45) is 5.92 Å². The van der Waals surface area contributed by atoms with Gasteiger partial charge >= 0.3 is 18.1 Å². The average molecular weight is 731 g/mol. The summed E-state index contributed by atoms with van der Waals surface area (Å²) in [5.41, 5.74) is 2.07. The predicted octanol–water partition coefficient (Wildman–Crippen LogP) is 10.8. The Labute approximate surface area is 299 Å². The van der Waals surface area contributed by atoms with Crippen LogP contribution in [0.3, 0.4) is 0 Å². The third-order valence-corrected chi connectivity index (χ3v) is 9.96. The fourth-order valence-electron chi connectivity index (χ4n) is 6.88. The molecule has 0 bridgehead atoms. The molecule has 1 heterocycles. The third-order valence-electron chi connectivity index (χ3n) is 9.96. The summed E-state index contributed by atoms with van der Waals surface area (Å²) < 4.78 is 90.6. The van der Waals surface area contributed by atoms with E-state index in [1.54, 1.807) is 14.2 Å². The second kappa shape index (κ2) is 20.8. The van der Waals surface area contributed by atoms with E-state index in [9.17, 15) is 31.9 Å². The monoisotopic (exact) mass is 730 g/mol. The first-order valence-electron chi connectivity index (χ1n) is 18.1. The molecule has 0 fully saturated rings. The van der Waals surface area contributed by atoms with E-state index in [-0.39, 0.29) is 37.8 Å². The summed E-state index contributed by atoms with van der Waals surface area (Å²) in [5.74, 6) is -3.59. The molecule has 0 aromatic heterocycles. The van der Waals surface area contributed by atoms with Gasteiger partial charge in [-0.15, -0.1) is 0 Å². The Hall–Kier alpha value is -3.12. The van der Waals surface area contributed by atoms with Gasteiger partial charge in [-0.2, -0.15) is 22.0 Å². The van der Waals surface area contributed by atoms with Crippen LogP contribution in [0.4, 0.5) is 22.0 Å². The SMILES string of the molecule is COCOc1ccc(C2(C)COc3cc(OCOC)ccc3C2CCCCCCCCCC(CCCCCCC(F)(F)C(F)(F)F)C(=O)O)cc1. The Morgan fingerprint density at radius 2 is 1.33 bits per heavy atom. The van der Waals surface area contributed by atoms with E-state index in [1.165, 1.54) is 5.56 Å². The fourth-order valence-corrected chi connectivity index (χ4v) is 6.88. The van der Waals surface area contributed by atoms with Crippen molar-refractivity contribution >= 4 is 5.97 Å². The molecule has 0 amide bonds. The summed E-state index contributed by atoms with van der Waals surface area (Å²) in [6, 6.07) is 14.1. The minimum absolute atomic E-state index is 0.157. The molecule has 51 heavy (non-hydrogen) atoms. The maximum atomic E-state index is 13.0. The number of methoxy groups -OCH3 is 2. The molecule has 0 saturated heterocycles. The molecule has 7 nitrogen and oxygen atoms in total. The molecule has 3 unspecified atom stereocenters. The zero-order chi connectivity index (χ0) is 37.3. The van der Waals surface area contributed by atoms with E-state index in [0.29, 0.717) is 38.0 Å². The van der Waals surface area contributed by atoms with Gasteiger partial charge in [0, 0.05) is 38.0 Å². The summed E-state index contributed by atoms with van der Waals surface area (Å²) in [4.78, 5) is 11.7. The lowest BCUT2D eigenvalue weighted by atomic mass is 9.66. The minimum atomic E-state index is -5.53. The topological polar surface area (TPSA) is 83.5 Å². The second-order valence-corrected chi connectivity index (χ2v) is 13.8. The van der Waals surface area contributed by atoms with Crippen LogP contribution < -0.4 is 14.2 Å². The Kier molecular flexibility index (Phi) is 17.2. The van der Waals surface area contributed by atoms with Crippen molar-refractivity contribution in [3.8, 4) is 17.2 Å². The molecule has 1 aliphatic rings. The molecule has 3 rings (SSSR count). The molecule has 2 aromatic carbocycles. The molecule has 0 aliphatic carbocycles. The number of carbonyl (C=O) groups is 1. The van der Waals surface area contributed by atoms with Crippen LogP contribution in [-0.2, 0) is 19.7 Å². The van der Waals surface area contributed by atoms with Crippen LogP contribution >= 0.6 is 0 Å². The van der Waals surface area contributed by atoms with Gasteiger partial charge in [0.1, 0.15) is 17.2 Å². The maximum Gasteiger partial charge on any atom is 0.453 e. The highest BCUT2D eigenvalue weighted by molar-refractivity contribution is 5.69. The number of fused-ring (bicyclic) bond motifs is 1. The minimum Gasteiger partial charge on any atom is -0.492 e. The number of alkyl halides is 5. The quantitative estimate of drug-likeness (QED) is 0.0618. The van der Waals surface area contributed by atoms with E-state index < -0.39 is 30.4 Å². The first-order valence-corrected chi connectivity index (χ1v) is 18.1. The Morgan fingerprint density at radius 3 is 1.90 bits per heavy atom. The summed E-state index contributed by atoms with van der Waals surface area (Å²) in [6.45, 7) is 3.12. The van der Waals surface area contributed by atoms with E-state index in [0.717, 1.165) is 68.4 Å². The van der Waals surface area contributed by atoms with Gasteiger partial charge in [-0.3, -0.25) is 4.79 Å². The summed E-state index contributed by atoms with van der Waals surface area (Å²) in [5, 5.41) is 9.59. The van der Waals surface area contributed by atoms with Crippen LogP contribution in [0.2, 0.25) is 0 Å². The highest BCUT2D eigenvalue weighted by Gasteiger charge is 2.56. The molecule has 2 aromatic rings. The average Bonchev–Trinajstić information content (AvgIpc) is 3.09. The summed E-state index contributed by atoms with van der Waals surface area (Å²) >= 11 is 0. The van der Waals surface area contributed by atoms with Crippen LogP contribution in [0.25, 0.3) is 0 Å². The van der Waals surface area contributed by atoms with Gasteiger partial charge in [-0.25, -0.2) is 0 Å². The number of benzene rings is 2. The van der Waals surface area contributed by atoms with E-state index >= 15 is 0 Å². The number of halogens is 5. The van der Waals surface area contributed by atoms with Gasteiger partial charge in [-0.05, 0) is 55.0 Å². The Bertz CT molecular complexity index is 1300. The lowest BCUT2D eigenvalue weighted by molar-refractivity contribution is -0.284. The number of ether oxygens (including phenoxy) is 5. The number of hydrogen-bond donors (Lipinski definition) is 1. The third kappa shape index (κ3) is 13.1. The number of rotatable bonds is 25. The number of carboxylic acid groups (broad SMARTS) is 1. The van der Waals surface area contributed by atoms with E-state index in [2.05, 4.69) is 25.1 Å². The van der Waals surface area contributed by atoms with Crippen LogP contribution in [0.15, 0.2) is 42.5 Å². The lowest BCUT2D eigenvalue weighted by Crippen LogP contribution is -2.40. The molecule has 288 valence electrons. The van der Waals surface area contributed by atoms with Crippen LogP contribution in [0.5, 0.6) is 17.2 Å². The van der Waals surface area contributed by atoms with Gasteiger partial charge in [0.15, 0.2) is 13.6 Å². The van der Waals surface area contributed by atoms with Crippen molar-refractivity contribution in [3.05, 3.63) is 53.6 Å². The molecule has 3 atom stereocenters. The molecule has 0 spiro atoms. The number of unbranched alkanes of at least 4 members (excludes halogenated alkanes) is 9. The van der Waals surface area contributed by atoms with E-state index in [1.807, 2.05) is 24.3 Å². The van der Waals surface area contributed by atoms with Crippen LogP contribution in [-0.4, -0.2) is 57.6 Å². The molecule has 0 radical (unpaired) electrons. The first kappa shape index (κ1) is 42.3. The normalized spacial score (nSPS) is 18.2. The largest absolute Gasteiger partial charge is 0.492 e. The second-order valence-electron chi connectivity index (χ2n) is 13.8. The van der Waals surface area contributed by atoms with Gasteiger partial charge in [-0.1, -0.05) is 89.3 Å². The van der Waals surface area contributed by atoms with Crippen molar-refractivity contribution in [1.29, 1.82) is 0 Å². The summed E-state index contributed by atoms with van der Waals surface area (Å²) in [7, 11) is 3.17. The van der Waals surface area contributed by atoms with Crippen molar-refractivity contribution in [1.82, 2.24) is 0 Å². The van der Waals surface area contributed by atoms with Crippen LogP contribution in [0.1, 0.15) is 120 Å². The highest BCUT2D eigenvalue weighted by Crippen LogP contribution is 2.50. The zero-order valence-corrected chi connectivity index (χ0v) is 30.2. The van der Waals surface area contributed by atoms with Gasteiger partial charge in [0.25, 0.3) is 0 Å². The number of carboxylic acids is 1. The van der Waals surface area contributed by atoms with Crippen molar-refractivity contribution < 1.29 is 55.5 Å². The summed E-state index contributed by atoms with van der Waals surface area (Å²) in [6.07, 6.45) is 3.11. The van der Waals surface area contributed by atoms with Crippen molar-refractivity contribution in [3.63, 3.8) is 0 Å². The number of aliphatic carboxylic acids is 1. The molecule has 12 heteroatoms. The van der Waals surface area contributed by atoms with Crippen molar-refractivity contribution in [2.45, 2.75) is 127 Å². The van der Waals surface area contributed by atoms with Crippen LogP contribution in [0, 0.1) is 5.92 Å². The standard InChI is InChI=1S/C39H55F5O7/c1-37(30-18-20-31(21-19-30)50-27-47-2)26-49-35-25-32(51-28-48-3)22-23-33(35)34(37)17-13-8-6-4-5-7-11-15-29(36(45)46)16-12-9-10-14-24-38(40,41)39(42,43)44/h18-23,25,29,34H,4-17,24,26-28H2,1-3H3,(H,45,46). The Morgan fingerprint density at radius 1 is 0.804 bits per heavy atom. The zero-order valence-electron chi connectivity index (χ0n) is 30.2. The van der Waals surface area contributed by atoms with Gasteiger partial charge in [0.05, 0.1) is 12.5 Å². The highest BCUT2D eigenvalue weighted by atomic mass is 19.4. The first-order chi connectivity index (χ1) is 24.3. The van der Waals surface area contributed by atoms with Crippen molar-refractivity contribution in [2.75, 3.05) is 34.4 Å². The van der Waals surface area contributed by atoms with Gasteiger partial charge in [0.2, 0.25) is 0 Å². The molecule has 0 saturated carbocycles. The fraction of sp³-hybridized carbons (Fsp3) is 0.667. The Balaban J connectivity index is 1.43. The molecular formula is C39H55F5O7. The molecule has 1 N–H and O–H groups in total. The van der Waals surface area contributed by atoms with Gasteiger partial charge < -0.3 is 28.8 Å².